The van der Waals surface area contributed by atoms with E-state index in [1.807, 2.05) is 6.92 Å². The number of nitriles is 1. The van der Waals surface area contributed by atoms with E-state index in [-0.39, 0.29) is 11.9 Å². The number of hydrogen-bond donors (Lipinski definition) is 1. The van der Waals surface area contributed by atoms with Crippen LogP contribution < -0.4 is 5.32 Å². The molecule has 5 heteroatoms. The highest BCUT2D eigenvalue weighted by Gasteiger charge is 2.29. The maximum atomic E-state index is 11.9. The normalized spacial score (nSPS) is 24.0. The molecule has 0 aromatic heterocycles. The lowest BCUT2D eigenvalue weighted by atomic mass is 10.2. The van der Waals surface area contributed by atoms with Crippen molar-refractivity contribution in [2.24, 2.45) is 0 Å². The molecule has 0 spiro atoms. The van der Waals surface area contributed by atoms with E-state index in [2.05, 4.69) is 21.2 Å². The van der Waals surface area contributed by atoms with Crippen molar-refractivity contribution in [1.29, 1.82) is 5.26 Å². The molecule has 2 rings (SSSR count). The van der Waals surface area contributed by atoms with Crippen molar-refractivity contribution in [2.75, 3.05) is 32.7 Å². The summed E-state index contributed by atoms with van der Waals surface area (Å²) in [5.41, 5.74) is 0. The van der Waals surface area contributed by atoms with Gasteiger partial charge in [-0.25, -0.2) is 0 Å². The Balaban J connectivity index is 1.75. The van der Waals surface area contributed by atoms with Gasteiger partial charge in [0.2, 0.25) is 5.91 Å². The van der Waals surface area contributed by atoms with E-state index in [1.54, 1.807) is 0 Å². The van der Waals surface area contributed by atoms with Crippen LogP contribution in [0, 0.1) is 11.3 Å². The van der Waals surface area contributed by atoms with Gasteiger partial charge in [-0.05, 0) is 19.8 Å². The fraction of sp³-hybridized carbons (Fsp3) is 0.833. The second-order valence-corrected chi connectivity index (χ2v) is 4.93. The first-order chi connectivity index (χ1) is 8.20. The quantitative estimate of drug-likeness (QED) is 0.686. The highest BCUT2D eigenvalue weighted by atomic mass is 16.2. The third-order valence-electron chi connectivity index (χ3n) is 3.55. The summed E-state index contributed by atoms with van der Waals surface area (Å²) in [6.45, 7) is 5.99. The predicted octanol–water partition coefficient (Wildman–Crippen LogP) is -0.205. The maximum absolute atomic E-state index is 11.9. The van der Waals surface area contributed by atoms with Crippen molar-refractivity contribution in [3.05, 3.63) is 0 Å². The van der Waals surface area contributed by atoms with Crippen LogP contribution in [0.5, 0.6) is 0 Å². The van der Waals surface area contributed by atoms with E-state index in [0.29, 0.717) is 12.6 Å². The first-order valence-electron chi connectivity index (χ1n) is 6.34. The van der Waals surface area contributed by atoms with Crippen LogP contribution in [0.2, 0.25) is 0 Å². The van der Waals surface area contributed by atoms with Crippen molar-refractivity contribution < 1.29 is 4.79 Å². The molecule has 17 heavy (non-hydrogen) atoms. The molecule has 1 heterocycles. The van der Waals surface area contributed by atoms with Crippen LogP contribution in [0.15, 0.2) is 0 Å². The van der Waals surface area contributed by atoms with E-state index >= 15 is 0 Å². The van der Waals surface area contributed by atoms with Crippen LogP contribution >= 0.6 is 0 Å². The van der Waals surface area contributed by atoms with Gasteiger partial charge in [-0.2, -0.15) is 5.26 Å². The zero-order chi connectivity index (χ0) is 12.3. The van der Waals surface area contributed by atoms with Crippen molar-refractivity contribution in [3.8, 4) is 6.07 Å². The second-order valence-electron chi connectivity index (χ2n) is 4.93. The Morgan fingerprint density at radius 3 is 2.59 bits per heavy atom. The lowest BCUT2D eigenvalue weighted by Gasteiger charge is -2.36. The largest absolute Gasteiger partial charge is 0.352 e. The van der Waals surface area contributed by atoms with Crippen LogP contribution in [-0.4, -0.2) is 60.5 Å². The molecule has 1 N–H and O–H groups in total. The minimum Gasteiger partial charge on any atom is -0.352 e. The van der Waals surface area contributed by atoms with E-state index < -0.39 is 0 Å². The first-order valence-corrected chi connectivity index (χ1v) is 6.34. The molecule has 1 unspecified atom stereocenters. The van der Waals surface area contributed by atoms with Gasteiger partial charge in [-0.1, -0.05) is 0 Å². The van der Waals surface area contributed by atoms with Crippen LogP contribution in [0.1, 0.15) is 19.8 Å². The van der Waals surface area contributed by atoms with Crippen molar-refractivity contribution in [3.63, 3.8) is 0 Å². The molecule has 0 bridgehead atoms. The van der Waals surface area contributed by atoms with Crippen molar-refractivity contribution in [2.45, 2.75) is 31.8 Å². The van der Waals surface area contributed by atoms with Gasteiger partial charge in [0.1, 0.15) is 0 Å². The Hall–Kier alpha value is -1.12. The predicted molar refractivity (Wildman–Crippen MR) is 64.3 cm³/mol. The van der Waals surface area contributed by atoms with Crippen molar-refractivity contribution >= 4 is 5.91 Å². The molecular formula is C12H20N4O. The Labute approximate surface area is 102 Å². The molecular weight excluding hydrogens is 216 g/mol. The topological polar surface area (TPSA) is 59.4 Å². The molecule has 1 aliphatic carbocycles. The van der Waals surface area contributed by atoms with Gasteiger partial charge in [-0.15, -0.1) is 0 Å². The minimum atomic E-state index is -0.0418. The summed E-state index contributed by atoms with van der Waals surface area (Å²) >= 11 is 0. The molecule has 1 saturated carbocycles. The summed E-state index contributed by atoms with van der Waals surface area (Å²) in [7, 11) is 0. The van der Waals surface area contributed by atoms with Gasteiger partial charge >= 0.3 is 0 Å². The molecule has 5 nitrogen and oxygen atoms in total. The number of rotatable bonds is 4. The van der Waals surface area contributed by atoms with Gasteiger partial charge in [0, 0.05) is 32.2 Å². The molecule has 0 aromatic carbocycles. The van der Waals surface area contributed by atoms with Gasteiger partial charge in [-0.3, -0.25) is 14.6 Å². The zero-order valence-corrected chi connectivity index (χ0v) is 10.4. The average Bonchev–Trinajstić information content (AvgIpc) is 3.13. The van der Waals surface area contributed by atoms with Crippen LogP contribution in [0.3, 0.4) is 0 Å². The van der Waals surface area contributed by atoms with Gasteiger partial charge in [0.05, 0.1) is 18.7 Å². The van der Waals surface area contributed by atoms with Crippen molar-refractivity contribution in [1.82, 2.24) is 15.1 Å². The molecule has 1 amide bonds. The molecule has 0 aromatic rings. The van der Waals surface area contributed by atoms with Gasteiger partial charge < -0.3 is 5.32 Å². The van der Waals surface area contributed by atoms with E-state index in [9.17, 15) is 4.79 Å². The third-order valence-corrected chi connectivity index (χ3v) is 3.55. The molecule has 0 radical (unpaired) electrons. The minimum absolute atomic E-state index is 0.0418. The smallest absolute Gasteiger partial charge is 0.237 e. The Morgan fingerprint density at radius 2 is 2.06 bits per heavy atom. The molecule has 2 aliphatic rings. The molecule has 1 aliphatic heterocycles. The highest BCUT2D eigenvalue weighted by Crippen LogP contribution is 2.19. The number of nitrogens with one attached hydrogen (secondary N) is 1. The van der Waals surface area contributed by atoms with E-state index in [0.717, 1.165) is 39.0 Å². The van der Waals surface area contributed by atoms with Gasteiger partial charge in [0.25, 0.3) is 0 Å². The summed E-state index contributed by atoms with van der Waals surface area (Å²) in [5.74, 6) is 0.154. The summed E-state index contributed by atoms with van der Waals surface area (Å²) in [6, 6.07) is 2.56. The molecule has 1 atom stereocenters. The lowest BCUT2D eigenvalue weighted by molar-refractivity contribution is -0.126. The number of carbonyl (C=O) groups is 1. The number of carbonyl (C=O) groups excluding carboxylic acids is 1. The highest BCUT2D eigenvalue weighted by molar-refractivity contribution is 5.81. The standard InChI is InChI=1S/C12H20N4O/c1-10(12(17)14-11-2-3-11)16-8-6-15(5-4-13)7-9-16/h10-11H,2-3,5-9H2,1H3,(H,14,17). The average molecular weight is 236 g/mol. The summed E-state index contributed by atoms with van der Waals surface area (Å²) in [6.07, 6.45) is 2.27. The summed E-state index contributed by atoms with van der Waals surface area (Å²) < 4.78 is 0. The second kappa shape index (κ2) is 5.48. The Bertz CT molecular complexity index is 313. The zero-order valence-electron chi connectivity index (χ0n) is 10.4. The monoisotopic (exact) mass is 236 g/mol. The number of nitrogens with zero attached hydrogens (tertiary/aromatic N) is 3. The lowest BCUT2D eigenvalue weighted by Crippen LogP contribution is -2.54. The van der Waals surface area contributed by atoms with E-state index in [4.69, 9.17) is 5.26 Å². The number of amides is 1. The van der Waals surface area contributed by atoms with Crippen LogP contribution in [0.4, 0.5) is 0 Å². The fourth-order valence-electron chi connectivity index (χ4n) is 2.12. The Morgan fingerprint density at radius 1 is 1.41 bits per heavy atom. The maximum Gasteiger partial charge on any atom is 0.237 e. The summed E-state index contributed by atoms with van der Waals surface area (Å²) in [5, 5.41) is 11.7. The third kappa shape index (κ3) is 3.42. The first kappa shape index (κ1) is 12.3. The van der Waals surface area contributed by atoms with Crippen LogP contribution in [0.25, 0.3) is 0 Å². The molecule has 1 saturated heterocycles. The Kier molecular flexibility index (Phi) is 3.97. The number of piperazine rings is 1. The number of hydrogen-bond acceptors (Lipinski definition) is 4. The SMILES string of the molecule is CC(C(=O)NC1CC1)N1CCN(CC#N)CC1. The fourth-order valence-corrected chi connectivity index (χ4v) is 2.12. The molecule has 2 fully saturated rings. The van der Waals surface area contributed by atoms with E-state index in [1.165, 1.54) is 0 Å². The van der Waals surface area contributed by atoms with Gasteiger partial charge in [0.15, 0.2) is 0 Å². The summed E-state index contributed by atoms with van der Waals surface area (Å²) in [4.78, 5) is 16.2. The molecule has 94 valence electrons. The van der Waals surface area contributed by atoms with Crippen LogP contribution in [-0.2, 0) is 4.79 Å².